The van der Waals surface area contributed by atoms with Crippen molar-refractivity contribution >= 4 is 33.2 Å². The zero-order valence-electron chi connectivity index (χ0n) is 11.9. The molecule has 1 amide bonds. The van der Waals surface area contributed by atoms with Crippen LogP contribution < -0.4 is 9.62 Å². The van der Waals surface area contributed by atoms with Crippen molar-refractivity contribution in [2.24, 2.45) is 0 Å². The van der Waals surface area contributed by atoms with Gasteiger partial charge in [-0.3, -0.25) is 4.79 Å². The molecule has 0 aliphatic rings. The second kappa shape index (κ2) is 7.72. The molecule has 0 bridgehead atoms. The van der Waals surface area contributed by atoms with E-state index in [2.05, 4.69) is 4.72 Å². The first kappa shape index (κ1) is 17.9. The van der Waals surface area contributed by atoms with Crippen LogP contribution in [0.25, 0.3) is 0 Å². The standard InChI is InChI=1S/C13H18ClFN2O3S/c1-3-8-21(19,20)16-6-7-17(10(2)18)11-4-5-13(15)12(14)9-11/h4-5,9,16H,3,6-8H2,1-2H3. The third kappa shape index (κ3) is 5.61. The lowest BCUT2D eigenvalue weighted by Gasteiger charge is -2.21. The number of hydrogen-bond donors (Lipinski definition) is 1. The number of halogens is 2. The Morgan fingerprint density at radius 3 is 2.62 bits per heavy atom. The molecular weight excluding hydrogens is 319 g/mol. The molecule has 0 aliphatic heterocycles. The Labute approximate surface area is 129 Å². The average molecular weight is 337 g/mol. The largest absolute Gasteiger partial charge is 0.311 e. The van der Waals surface area contributed by atoms with Gasteiger partial charge in [0.05, 0.1) is 10.8 Å². The molecule has 1 aromatic carbocycles. The first-order valence-electron chi connectivity index (χ1n) is 6.47. The van der Waals surface area contributed by atoms with Gasteiger partial charge >= 0.3 is 0 Å². The van der Waals surface area contributed by atoms with Crippen LogP contribution in [0.3, 0.4) is 0 Å². The van der Waals surface area contributed by atoms with E-state index in [0.29, 0.717) is 12.1 Å². The lowest BCUT2D eigenvalue weighted by molar-refractivity contribution is -0.116. The van der Waals surface area contributed by atoms with Gasteiger partial charge in [-0.2, -0.15) is 0 Å². The fourth-order valence-electron chi connectivity index (χ4n) is 1.78. The number of nitrogens with zero attached hydrogens (tertiary/aromatic N) is 1. The molecular formula is C13H18ClFN2O3S. The molecule has 0 fully saturated rings. The van der Waals surface area contributed by atoms with E-state index in [0.717, 1.165) is 6.07 Å². The number of rotatable bonds is 7. The highest BCUT2D eigenvalue weighted by atomic mass is 35.5. The summed E-state index contributed by atoms with van der Waals surface area (Å²) in [5.74, 6) is -0.824. The predicted molar refractivity (Wildman–Crippen MR) is 81.5 cm³/mol. The molecule has 1 aromatic rings. The molecule has 0 saturated heterocycles. The minimum absolute atomic E-state index is 0.0372. The van der Waals surface area contributed by atoms with Gasteiger partial charge in [0.25, 0.3) is 0 Å². The summed E-state index contributed by atoms with van der Waals surface area (Å²) in [6.45, 7) is 3.33. The molecule has 118 valence electrons. The quantitative estimate of drug-likeness (QED) is 0.829. The number of nitrogens with one attached hydrogen (secondary N) is 1. The van der Waals surface area contributed by atoms with Crippen LogP contribution in [0.1, 0.15) is 20.3 Å². The molecule has 0 aliphatic carbocycles. The Morgan fingerprint density at radius 2 is 2.10 bits per heavy atom. The first-order chi connectivity index (χ1) is 9.76. The third-order valence-corrected chi connectivity index (χ3v) is 4.60. The topological polar surface area (TPSA) is 66.5 Å². The van der Waals surface area contributed by atoms with Crippen molar-refractivity contribution < 1.29 is 17.6 Å². The van der Waals surface area contributed by atoms with Gasteiger partial charge in [-0.05, 0) is 24.6 Å². The molecule has 0 heterocycles. The number of hydrogen-bond acceptors (Lipinski definition) is 3. The van der Waals surface area contributed by atoms with E-state index in [4.69, 9.17) is 11.6 Å². The monoisotopic (exact) mass is 336 g/mol. The minimum Gasteiger partial charge on any atom is -0.311 e. The highest BCUT2D eigenvalue weighted by Crippen LogP contribution is 2.22. The van der Waals surface area contributed by atoms with Crippen LogP contribution in [0, 0.1) is 5.82 Å². The molecule has 0 unspecified atom stereocenters. The molecule has 0 saturated carbocycles. The van der Waals surface area contributed by atoms with Gasteiger partial charge in [0.1, 0.15) is 5.82 Å². The van der Waals surface area contributed by atoms with E-state index in [1.807, 2.05) is 0 Å². The summed E-state index contributed by atoms with van der Waals surface area (Å²) in [6, 6.07) is 3.91. The van der Waals surface area contributed by atoms with Crippen molar-refractivity contribution in [3.8, 4) is 0 Å². The smallest absolute Gasteiger partial charge is 0.223 e. The molecule has 0 radical (unpaired) electrons. The van der Waals surface area contributed by atoms with Crippen molar-refractivity contribution in [2.45, 2.75) is 20.3 Å². The Hall–Kier alpha value is -1.18. The molecule has 8 heteroatoms. The average Bonchev–Trinajstić information content (AvgIpc) is 2.37. The summed E-state index contributed by atoms with van der Waals surface area (Å²) in [5, 5.41) is -0.0923. The zero-order chi connectivity index (χ0) is 16.0. The molecule has 0 spiro atoms. The molecule has 1 rings (SSSR count). The summed E-state index contributed by atoms with van der Waals surface area (Å²) in [6.07, 6.45) is 0.513. The Morgan fingerprint density at radius 1 is 1.43 bits per heavy atom. The fourth-order valence-corrected chi connectivity index (χ4v) is 3.03. The normalized spacial score (nSPS) is 11.4. The third-order valence-electron chi connectivity index (χ3n) is 2.73. The van der Waals surface area contributed by atoms with Gasteiger partial charge in [0.15, 0.2) is 0 Å². The number of benzene rings is 1. The van der Waals surface area contributed by atoms with Gasteiger partial charge in [0, 0.05) is 25.7 Å². The van der Waals surface area contributed by atoms with Crippen molar-refractivity contribution in [2.75, 3.05) is 23.7 Å². The lowest BCUT2D eigenvalue weighted by Crippen LogP contribution is -2.38. The molecule has 0 aromatic heterocycles. The highest BCUT2D eigenvalue weighted by molar-refractivity contribution is 7.89. The summed E-state index contributed by atoms with van der Waals surface area (Å²) < 4.78 is 38.6. The van der Waals surface area contributed by atoms with Crippen LogP contribution in [0.4, 0.5) is 10.1 Å². The molecule has 5 nitrogen and oxygen atoms in total. The maximum absolute atomic E-state index is 13.1. The SMILES string of the molecule is CCCS(=O)(=O)NCCN(C(C)=O)c1ccc(F)c(Cl)c1. The molecule has 21 heavy (non-hydrogen) atoms. The van der Waals surface area contributed by atoms with Crippen LogP contribution in [-0.2, 0) is 14.8 Å². The van der Waals surface area contributed by atoms with E-state index in [1.54, 1.807) is 6.92 Å². The summed E-state index contributed by atoms with van der Waals surface area (Å²) >= 11 is 5.69. The number of sulfonamides is 1. The van der Waals surface area contributed by atoms with Crippen molar-refractivity contribution in [1.29, 1.82) is 0 Å². The summed E-state index contributed by atoms with van der Waals surface area (Å²) in [5.41, 5.74) is 0.420. The van der Waals surface area contributed by atoms with Crippen LogP contribution in [0.15, 0.2) is 18.2 Å². The summed E-state index contributed by atoms with van der Waals surface area (Å²) in [7, 11) is -3.32. The zero-order valence-corrected chi connectivity index (χ0v) is 13.5. The second-order valence-electron chi connectivity index (χ2n) is 4.48. The van der Waals surface area contributed by atoms with Gasteiger partial charge in [-0.25, -0.2) is 17.5 Å². The summed E-state index contributed by atoms with van der Waals surface area (Å²) in [4.78, 5) is 13.0. The van der Waals surface area contributed by atoms with E-state index in [-0.39, 0.29) is 29.8 Å². The number of carbonyl (C=O) groups excluding carboxylic acids is 1. The Bertz CT molecular complexity index is 607. The fraction of sp³-hybridized carbons (Fsp3) is 0.462. The lowest BCUT2D eigenvalue weighted by atomic mass is 10.2. The second-order valence-corrected chi connectivity index (χ2v) is 6.82. The van der Waals surface area contributed by atoms with Gasteiger partial charge in [-0.15, -0.1) is 0 Å². The number of amides is 1. The first-order valence-corrected chi connectivity index (χ1v) is 8.50. The Balaban J connectivity index is 2.75. The van der Waals surface area contributed by atoms with Crippen molar-refractivity contribution in [3.63, 3.8) is 0 Å². The molecule has 0 atom stereocenters. The van der Waals surface area contributed by atoms with Gasteiger partial charge in [0.2, 0.25) is 15.9 Å². The highest BCUT2D eigenvalue weighted by Gasteiger charge is 2.15. The van der Waals surface area contributed by atoms with Crippen LogP contribution in [-0.4, -0.2) is 33.2 Å². The van der Waals surface area contributed by atoms with Gasteiger partial charge < -0.3 is 4.90 Å². The number of anilines is 1. The van der Waals surface area contributed by atoms with E-state index in [1.165, 1.54) is 24.0 Å². The maximum Gasteiger partial charge on any atom is 0.223 e. The number of carbonyl (C=O) groups is 1. The van der Waals surface area contributed by atoms with Gasteiger partial charge in [-0.1, -0.05) is 18.5 Å². The minimum atomic E-state index is -3.32. The van der Waals surface area contributed by atoms with Crippen molar-refractivity contribution in [1.82, 2.24) is 4.72 Å². The molecule has 1 N–H and O–H groups in total. The van der Waals surface area contributed by atoms with Crippen LogP contribution in [0.2, 0.25) is 5.02 Å². The van der Waals surface area contributed by atoms with E-state index >= 15 is 0 Å². The Kier molecular flexibility index (Phi) is 6.57. The van der Waals surface area contributed by atoms with E-state index in [9.17, 15) is 17.6 Å². The van der Waals surface area contributed by atoms with Crippen molar-refractivity contribution in [3.05, 3.63) is 29.0 Å². The predicted octanol–water partition coefficient (Wildman–Crippen LogP) is 2.16. The van der Waals surface area contributed by atoms with Crippen LogP contribution in [0.5, 0.6) is 0 Å². The van der Waals surface area contributed by atoms with E-state index < -0.39 is 15.8 Å². The maximum atomic E-state index is 13.1. The van der Waals surface area contributed by atoms with Crippen LogP contribution >= 0.6 is 11.6 Å².